The van der Waals surface area contributed by atoms with E-state index < -0.39 is 0 Å². The van der Waals surface area contributed by atoms with Gasteiger partial charge in [-0.15, -0.1) is 11.6 Å². The van der Waals surface area contributed by atoms with Gasteiger partial charge in [0, 0.05) is 11.9 Å². The summed E-state index contributed by atoms with van der Waals surface area (Å²) in [6.45, 7) is 5.97. The van der Waals surface area contributed by atoms with Crippen LogP contribution in [0.3, 0.4) is 0 Å². The highest BCUT2D eigenvalue weighted by molar-refractivity contribution is 6.20. The van der Waals surface area contributed by atoms with Gasteiger partial charge in [-0.3, -0.25) is 0 Å². The maximum atomic E-state index is 5.59. The Labute approximate surface area is 50.1 Å². The van der Waals surface area contributed by atoms with E-state index in [1.54, 1.807) is 0 Å². The van der Waals surface area contributed by atoms with Crippen LogP contribution >= 0.6 is 11.6 Å². The fourth-order valence-electron chi connectivity index (χ4n) is 0.343. The van der Waals surface area contributed by atoms with Gasteiger partial charge in [0.05, 0.1) is 0 Å². The average molecular weight is 122 g/mol. The van der Waals surface area contributed by atoms with Crippen molar-refractivity contribution >= 4 is 11.6 Å². The molecule has 0 saturated heterocycles. The maximum absolute atomic E-state index is 5.59. The fourth-order valence-corrected chi connectivity index (χ4v) is 0.452. The van der Waals surface area contributed by atoms with E-state index in [0.29, 0.717) is 0 Å². The quantitative estimate of drug-likeness (QED) is 0.554. The predicted octanol–water partition coefficient (Wildman–Crippen LogP) is 1.22. The number of nitrogens with one attached hydrogen (secondary N) is 1. The number of halogens is 1. The van der Waals surface area contributed by atoms with Crippen LogP contribution in [0.2, 0.25) is 0 Å². The molecule has 0 rings (SSSR count). The van der Waals surface area contributed by atoms with Gasteiger partial charge in [0.1, 0.15) is 0 Å². The summed E-state index contributed by atoms with van der Waals surface area (Å²) in [5.41, 5.74) is 0. The van der Waals surface area contributed by atoms with Crippen LogP contribution in [0.15, 0.2) is 0 Å². The molecular formula is C5H12ClN. The second-order valence-electron chi connectivity index (χ2n) is 1.59. The van der Waals surface area contributed by atoms with Crippen LogP contribution in [0, 0.1) is 0 Å². The molecule has 0 aliphatic carbocycles. The molecule has 0 aromatic rings. The number of hydrogen-bond acceptors (Lipinski definition) is 1. The number of hydrogen-bond donors (Lipinski definition) is 1. The minimum atomic E-state index is 0.264. The lowest BCUT2D eigenvalue weighted by atomic mass is 10.5. The van der Waals surface area contributed by atoms with Crippen LogP contribution < -0.4 is 5.32 Å². The van der Waals surface area contributed by atoms with Gasteiger partial charge in [0.15, 0.2) is 0 Å². The zero-order valence-corrected chi connectivity index (χ0v) is 5.63. The van der Waals surface area contributed by atoms with Crippen molar-refractivity contribution in [2.45, 2.75) is 19.2 Å². The van der Waals surface area contributed by atoms with Gasteiger partial charge in [-0.25, -0.2) is 0 Å². The minimum absolute atomic E-state index is 0.264. The molecule has 1 nitrogen and oxygen atoms in total. The Morgan fingerprint density at radius 3 is 2.43 bits per heavy atom. The number of alkyl halides is 1. The van der Waals surface area contributed by atoms with Gasteiger partial charge in [-0.05, 0) is 13.5 Å². The first-order chi connectivity index (χ1) is 3.27. The predicted molar refractivity (Wildman–Crippen MR) is 33.9 cm³/mol. The third-order valence-corrected chi connectivity index (χ3v) is 0.830. The monoisotopic (exact) mass is 121 g/mol. The fraction of sp³-hybridized carbons (Fsp3) is 1.00. The van der Waals surface area contributed by atoms with E-state index in [9.17, 15) is 0 Å². The molecule has 0 aromatic heterocycles. The van der Waals surface area contributed by atoms with Gasteiger partial charge in [0.2, 0.25) is 0 Å². The van der Waals surface area contributed by atoms with Crippen molar-refractivity contribution < 1.29 is 0 Å². The van der Waals surface area contributed by atoms with E-state index in [1.807, 2.05) is 6.92 Å². The molecule has 0 aliphatic heterocycles. The van der Waals surface area contributed by atoms with E-state index in [4.69, 9.17) is 11.6 Å². The molecule has 44 valence electrons. The van der Waals surface area contributed by atoms with Crippen molar-refractivity contribution in [1.29, 1.82) is 0 Å². The molecule has 0 bridgehead atoms. The molecule has 2 heteroatoms. The molecule has 0 aliphatic rings. The summed E-state index contributed by atoms with van der Waals surface area (Å²) in [5.74, 6) is 0. The van der Waals surface area contributed by atoms with Crippen molar-refractivity contribution in [3.05, 3.63) is 0 Å². The Morgan fingerprint density at radius 1 is 1.71 bits per heavy atom. The normalized spacial score (nSPS) is 14.1. The van der Waals surface area contributed by atoms with Gasteiger partial charge in [0.25, 0.3) is 0 Å². The summed E-state index contributed by atoms with van der Waals surface area (Å²) in [7, 11) is 0. The maximum Gasteiger partial charge on any atom is 0.0432 e. The molecule has 0 heterocycles. The highest BCUT2D eigenvalue weighted by Gasteiger charge is 1.89. The highest BCUT2D eigenvalue weighted by atomic mass is 35.5. The van der Waals surface area contributed by atoms with E-state index in [2.05, 4.69) is 12.2 Å². The Balaban J connectivity index is 2.68. The van der Waals surface area contributed by atoms with Crippen LogP contribution in [-0.4, -0.2) is 18.5 Å². The smallest absolute Gasteiger partial charge is 0.0432 e. The Morgan fingerprint density at radius 2 is 2.29 bits per heavy atom. The zero-order chi connectivity index (χ0) is 5.70. The second-order valence-corrected chi connectivity index (χ2v) is 2.33. The first-order valence-corrected chi connectivity index (χ1v) is 3.05. The van der Waals surface area contributed by atoms with Gasteiger partial charge >= 0.3 is 0 Å². The molecule has 0 saturated carbocycles. The summed E-state index contributed by atoms with van der Waals surface area (Å²) in [4.78, 5) is 0. The van der Waals surface area contributed by atoms with Crippen LogP contribution in [0.1, 0.15) is 13.8 Å². The molecule has 1 atom stereocenters. The van der Waals surface area contributed by atoms with Crippen molar-refractivity contribution in [3.8, 4) is 0 Å². The van der Waals surface area contributed by atoms with E-state index in [0.717, 1.165) is 13.1 Å². The Hall–Kier alpha value is 0.250. The standard InChI is InChI=1S/C5H12ClN/c1-3-7-4-5(2)6/h5,7H,3-4H2,1-2H3. The average Bonchev–Trinajstić information content (AvgIpc) is 1.61. The first kappa shape index (κ1) is 7.25. The van der Waals surface area contributed by atoms with Crippen molar-refractivity contribution in [1.82, 2.24) is 5.32 Å². The van der Waals surface area contributed by atoms with Crippen molar-refractivity contribution in [2.75, 3.05) is 13.1 Å². The van der Waals surface area contributed by atoms with Crippen molar-refractivity contribution in [2.24, 2.45) is 0 Å². The van der Waals surface area contributed by atoms with Gasteiger partial charge in [-0.1, -0.05) is 6.92 Å². The van der Waals surface area contributed by atoms with Crippen LogP contribution in [0.5, 0.6) is 0 Å². The molecule has 1 N–H and O–H groups in total. The topological polar surface area (TPSA) is 12.0 Å². The zero-order valence-electron chi connectivity index (χ0n) is 4.87. The number of rotatable bonds is 3. The summed E-state index contributed by atoms with van der Waals surface area (Å²) < 4.78 is 0. The Bertz CT molecular complexity index is 37.1. The minimum Gasteiger partial charge on any atom is -0.316 e. The molecule has 0 spiro atoms. The lowest BCUT2D eigenvalue weighted by molar-refractivity contribution is 0.708. The van der Waals surface area contributed by atoms with Gasteiger partial charge < -0.3 is 5.32 Å². The summed E-state index contributed by atoms with van der Waals surface area (Å²) in [5, 5.41) is 3.38. The Kier molecular flexibility index (Phi) is 4.57. The lowest BCUT2D eigenvalue weighted by Gasteiger charge is -1.99. The molecule has 1 unspecified atom stereocenters. The van der Waals surface area contributed by atoms with Crippen molar-refractivity contribution in [3.63, 3.8) is 0 Å². The molecule has 0 amide bonds. The largest absolute Gasteiger partial charge is 0.316 e. The SMILES string of the molecule is CCNCC(C)Cl. The van der Waals surface area contributed by atoms with Gasteiger partial charge in [-0.2, -0.15) is 0 Å². The lowest BCUT2D eigenvalue weighted by Crippen LogP contribution is -2.20. The molecule has 7 heavy (non-hydrogen) atoms. The van der Waals surface area contributed by atoms with Crippen LogP contribution in [0.4, 0.5) is 0 Å². The van der Waals surface area contributed by atoms with E-state index >= 15 is 0 Å². The summed E-state index contributed by atoms with van der Waals surface area (Å²) in [6, 6.07) is 0. The molecular weight excluding hydrogens is 110 g/mol. The third kappa shape index (κ3) is 6.25. The summed E-state index contributed by atoms with van der Waals surface area (Å²) in [6.07, 6.45) is 0. The highest BCUT2D eigenvalue weighted by Crippen LogP contribution is 1.87. The van der Waals surface area contributed by atoms with Crippen LogP contribution in [0.25, 0.3) is 0 Å². The van der Waals surface area contributed by atoms with E-state index in [1.165, 1.54) is 0 Å². The molecule has 0 aromatic carbocycles. The summed E-state index contributed by atoms with van der Waals surface area (Å²) >= 11 is 5.59. The molecule has 0 radical (unpaired) electrons. The first-order valence-electron chi connectivity index (χ1n) is 2.62. The van der Waals surface area contributed by atoms with E-state index in [-0.39, 0.29) is 5.38 Å². The van der Waals surface area contributed by atoms with Crippen LogP contribution in [-0.2, 0) is 0 Å². The molecule has 0 fully saturated rings. The third-order valence-electron chi connectivity index (χ3n) is 0.676. The second kappa shape index (κ2) is 4.41.